The zero-order valence-electron chi connectivity index (χ0n) is 16.4. The van der Waals surface area contributed by atoms with Gasteiger partial charge in [-0.25, -0.2) is 0 Å². The molecule has 162 valence electrons. The van der Waals surface area contributed by atoms with Crippen LogP contribution in [0.1, 0.15) is 52.1 Å². The van der Waals surface area contributed by atoms with Crippen LogP contribution in [0.2, 0.25) is 0 Å². The molecule has 0 aliphatic heterocycles. The third kappa shape index (κ3) is 6.09. The minimum absolute atomic E-state index is 0.0230. The number of fused-ring (bicyclic) bond motifs is 1. The lowest BCUT2D eigenvalue weighted by atomic mass is 10.0. The molecule has 30 heavy (non-hydrogen) atoms. The number of ketones is 1. The topological polar surface area (TPSA) is 83.2 Å². The normalized spacial score (nSPS) is 14.2. The van der Waals surface area contributed by atoms with Crippen LogP contribution in [0.5, 0.6) is 5.75 Å². The van der Waals surface area contributed by atoms with Gasteiger partial charge in [-0.3, -0.25) is 9.59 Å². The van der Waals surface area contributed by atoms with Gasteiger partial charge in [0, 0.05) is 30.1 Å². The fraction of sp³-hybridized carbons (Fsp3) is 0.429. The van der Waals surface area contributed by atoms with Gasteiger partial charge in [-0.2, -0.15) is 13.2 Å². The zero-order chi connectivity index (χ0) is 21.6. The van der Waals surface area contributed by atoms with Crippen molar-refractivity contribution < 1.29 is 27.5 Å². The molecule has 0 bridgehead atoms. The smallest absolute Gasteiger partial charge is 0.401 e. The van der Waals surface area contributed by atoms with E-state index < -0.39 is 12.7 Å². The maximum atomic E-state index is 12.7. The van der Waals surface area contributed by atoms with Crippen LogP contribution in [0.25, 0.3) is 0 Å². The molecule has 6 nitrogen and oxygen atoms in total. The average Bonchev–Trinajstić information content (AvgIpc) is 3.03. The van der Waals surface area contributed by atoms with E-state index in [-0.39, 0.29) is 24.8 Å². The number of aryl methyl sites for hydroxylation is 1. The van der Waals surface area contributed by atoms with E-state index in [0.29, 0.717) is 35.4 Å². The molecule has 3 N–H and O–H groups in total. The number of alkyl halides is 3. The highest BCUT2D eigenvalue weighted by molar-refractivity contribution is 6.13. The summed E-state index contributed by atoms with van der Waals surface area (Å²) in [6.07, 6.45) is 0.651. The van der Waals surface area contributed by atoms with Crippen molar-refractivity contribution in [3.8, 4) is 5.75 Å². The maximum absolute atomic E-state index is 12.7. The van der Waals surface area contributed by atoms with Crippen LogP contribution >= 0.6 is 0 Å². The zero-order valence-corrected chi connectivity index (χ0v) is 16.4. The predicted octanol–water partition coefficient (Wildman–Crippen LogP) is 4.10. The molecule has 1 amide bonds. The summed E-state index contributed by atoms with van der Waals surface area (Å²) in [5.74, 6) is 0.0916. The van der Waals surface area contributed by atoms with E-state index in [1.165, 1.54) is 0 Å². The highest BCUT2D eigenvalue weighted by Gasteiger charge is 2.26. The molecule has 0 atom stereocenters. The van der Waals surface area contributed by atoms with Crippen LogP contribution in [0.4, 0.5) is 18.9 Å². The summed E-state index contributed by atoms with van der Waals surface area (Å²) in [6.45, 7) is -0.607. The highest BCUT2D eigenvalue weighted by atomic mass is 19.4. The lowest BCUT2D eigenvalue weighted by Gasteiger charge is -2.11. The Hall–Kier alpha value is -2.81. The number of benzene rings is 1. The molecule has 9 heteroatoms. The second kappa shape index (κ2) is 9.80. The van der Waals surface area contributed by atoms with Gasteiger partial charge >= 0.3 is 6.18 Å². The molecule has 1 aromatic heterocycles. The monoisotopic (exact) mass is 423 g/mol. The number of carbonyl (C=O) groups excluding carboxylic acids is 2. The number of halogens is 3. The molecule has 0 saturated heterocycles. The number of hydrogen-bond acceptors (Lipinski definition) is 4. The summed E-state index contributed by atoms with van der Waals surface area (Å²) in [6, 6.07) is 6.73. The van der Waals surface area contributed by atoms with Gasteiger partial charge in [0.25, 0.3) is 5.91 Å². The minimum Gasteiger partial charge on any atom is -0.493 e. The number of nitrogens with one attached hydrogen (secondary N) is 3. The molecule has 2 aromatic rings. The quantitative estimate of drug-likeness (QED) is 0.441. The Morgan fingerprint density at radius 3 is 2.80 bits per heavy atom. The first-order valence-electron chi connectivity index (χ1n) is 9.88. The number of rotatable bonds is 8. The number of anilines is 1. The van der Waals surface area contributed by atoms with E-state index in [1.807, 2.05) is 0 Å². The van der Waals surface area contributed by atoms with Crippen molar-refractivity contribution in [3.63, 3.8) is 0 Å². The van der Waals surface area contributed by atoms with Crippen molar-refractivity contribution in [2.75, 3.05) is 25.0 Å². The van der Waals surface area contributed by atoms with Crippen LogP contribution in [0.3, 0.4) is 0 Å². The van der Waals surface area contributed by atoms with E-state index in [4.69, 9.17) is 4.74 Å². The second-order valence-corrected chi connectivity index (χ2v) is 7.16. The maximum Gasteiger partial charge on any atom is 0.401 e. The fourth-order valence-corrected chi connectivity index (χ4v) is 3.35. The molecule has 0 radical (unpaired) electrons. The summed E-state index contributed by atoms with van der Waals surface area (Å²) in [5, 5.41) is 5.08. The lowest BCUT2D eigenvalue weighted by molar-refractivity contribution is -0.124. The van der Waals surface area contributed by atoms with Crippen LogP contribution in [-0.2, 0) is 6.42 Å². The van der Waals surface area contributed by atoms with Crippen molar-refractivity contribution in [2.24, 2.45) is 0 Å². The Morgan fingerprint density at radius 1 is 1.20 bits per heavy atom. The first-order chi connectivity index (χ1) is 14.3. The minimum atomic E-state index is -4.23. The molecule has 1 aliphatic carbocycles. The standard InChI is InChI=1S/C21H24F3N3O3/c22-21(23,24)13-25-9-4-10-30-15-6-3-5-14(11-15)27-20(29)16-12-26-17-7-1-2-8-18(28)19(16)17/h3,5-6,11-12,25-26H,1-2,4,7-10,13H2,(H,27,29). The number of H-pyrrole nitrogens is 1. The first kappa shape index (κ1) is 21.9. The number of ether oxygens (including phenoxy) is 1. The van der Waals surface area contributed by atoms with E-state index in [2.05, 4.69) is 15.6 Å². The molecule has 0 unspecified atom stereocenters. The van der Waals surface area contributed by atoms with Crippen LogP contribution in [0.15, 0.2) is 30.5 Å². The van der Waals surface area contributed by atoms with E-state index in [1.54, 1.807) is 30.5 Å². The van der Waals surface area contributed by atoms with Gasteiger partial charge in [-0.15, -0.1) is 0 Å². The van der Waals surface area contributed by atoms with Gasteiger partial charge in [-0.1, -0.05) is 6.07 Å². The van der Waals surface area contributed by atoms with Crippen LogP contribution in [0, 0.1) is 0 Å². The van der Waals surface area contributed by atoms with Gasteiger partial charge < -0.3 is 20.4 Å². The van der Waals surface area contributed by atoms with Gasteiger partial charge in [0.2, 0.25) is 0 Å². The summed E-state index contributed by atoms with van der Waals surface area (Å²) in [4.78, 5) is 28.1. The van der Waals surface area contributed by atoms with E-state index in [0.717, 1.165) is 25.0 Å². The molecule has 0 spiro atoms. The van der Waals surface area contributed by atoms with Crippen molar-refractivity contribution in [1.29, 1.82) is 0 Å². The SMILES string of the molecule is O=C(Nc1cccc(OCCCNCC(F)(F)F)c1)c1c[nH]c2c1C(=O)CCCC2. The van der Waals surface area contributed by atoms with Gasteiger partial charge in [0.15, 0.2) is 5.78 Å². The van der Waals surface area contributed by atoms with Gasteiger partial charge in [-0.05, 0) is 44.4 Å². The number of aromatic amines is 1. The second-order valence-electron chi connectivity index (χ2n) is 7.16. The summed E-state index contributed by atoms with van der Waals surface area (Å²) >= 11 is 0. The predicted molar refractivity (Wildman–Crippen MR) is 106 cm³/mol. The molecule has 3 rings (SSSR count). The Morgan fingerprint density at radius 2 is 2.00 bits per heavy atom. The van der Waals surface area contributed by atoms with E-state index >= 15 is 0 Å². The summed E-state index contributed by atoms with van der Waals surface area (Å²) in [5.41, 5.74) is 2.12. The number of hydrogen-bond donors (Lipinski definition) is 3. The molecular weight excluding hydrogens is 399 g/mol. The molecule has 0 fully saturated rings. The molecule has 1 aliphatic rings. The lowest BCUT2D eigenvalue weighted by Crippen LogP contribution is -2.30. The number of Topliss-reactive ketones (excluding diaryl/α,β-unsaturated/α-hetero) is 1. The number of amides is 1. The van der Waals surface area contributed by atoms with Crippen molar-refractivity contribution in [3.05, 3.63) is 47.3 Å². The average molecular weight is 423 g/mol. The van der Waals surface area contributed by atoms with E-state index in [9.17, 15) is 22.8 Å². The Bertz CT molecular complexity index is 893. The van der Waals surface area contributed by atoms with Gasteiger partial charge in [0.1, 0.15) is 5.75 Å². The number of carbonyl (C=O) groups is 2. The van der Waals surface area contributed by atoms with Crippen molar-refractivity contribution in [2.45, 2.75) is 38.3 Å². The molecule has 1 heterocycles. The van der Waals surface area contributed by atoms with Crippen LogP contribution in [-0.4, -0.2) is 42.5 Å². The Labute approximate surface area is 172 Å². The Kier molecular flexibility index (Phi) is 7.15. The van der Waals surface area contributed by atoms with Crippen molar-refractivity contribution in [1.82, 2.24) is 10.3 Å². The largest absolute Gasteiger partial charge is 0.493 e. The third-order valence-corrected chi connectivity index (χ3v) is 4.75. The summed E-state index contributed by atoms with van der Waals surface area (Å²) < 4.78 is 41.7. The van der Waals surface area contributed by atoms with Gasteiger partial charge in [0.05, 0.1) is 24.3 Å². The molecular formula is C21H24F3N3O3. The van der Waals surface area contributed by atoms with Crippen LogP contribution < -0.4 is 15.4 Å². The fourth-order valence-electron chi connectivity index (χ4n) is 3.35. The third-order valence-electron chi connectivity index (χ3n) is 4.75. The molecule has 1 aromatic carbocycles. The molecule has 0 saturated carbocycles. The summed E-state index contributed by atoms with van der Waals surface area (Å²) in [7, 11) is 0. The Balaban J connectivity index is 1.54. The number of aromatic nitrogens is 1. The highest BCUT2D eigenvalue weighted by Crippen LogP contribution is 2.25. The van der Waals surface area contributed by atoms with Crippen molar-refractivity contribution >= 4 is 17.4 Å². The first-order valence-corrected chi connectivity index (χ1v) is 9.88.